The SMILES string of the molecule is O=C1CCCCN1CCN1CCC(c2nnc3ccc(N4CCC4)nn23)CC1. The predicted octanol–water partition coefficient (Wildman–Crippen LogP) is 1.53. The molecule has 0 spiro atoms. The molecule has 0 aliphatic carbocycles. The van der Waals surface area contributed by atoms with Gasteiger partial charge < -0.3 is 14.7 Å². The summed E-state index contributed by atoms with van der Waals surface area (Å²) in [6.45, 7) is 7.07. The van der Waals surface area contributed by atoms with Gasteiger partial charge in [-0.05, 0) is 57.3 Å². The Bertz CT molecular complexity index is 838. The Kier molecular flexibility index (Phi) is 4.88. The number of amides is 1. The first-order valence-electron chi connectivity index (χ1n) is 10.8. The number of likely N-dealkylation sites (tertiary alicyclic amines) is 2. The van der Waals surface area contributed by atoms with Crippen molar-refractivity contribution in [3.63, 3.8) is 0 Å². The van der Waals surface area contributed by atoms with Crippen molar-refractivity contribution >= 4 is 17.4 Å². The lowest BCUT2D eigenvalue weighted by molar-refractivity contribution is -0.133. The Hall–Kier alpha value is -2.22. The third-order valence-electron chi connectivity index (χ3n) is 6.51. The zero-order chi connectivity index (χ0) is 18.9. The molecule has 28 heavy (non-hydrogen) atoms. The van der Waals surface area contributed by atoms with Gasteiger partial charge in [0.1, 0.15) is 5.82 Å². The molecule has 3 saturated heterocycles. The number of nitrogens with zero attached hydrogens (tertiary/aromatic N) is 7. The monoisotopic (exact) mass is 383 g/mol. The summed E-state index contributed by atoms with van der Waals surface area (Å²) in [5.74, 6) is 2.77. The molecule has 0 unspecified atom stereocenters. The molecule has 3 fully saturated rings. The molecule has 2 aromatic rings. The lowest BCUT2D eigenvalue weighted by Crippen LogP contribution is -2.43. The minimum absolute atomic E-state index is 0.333. The van der Waals surface area contributed by atoms with Crippen molar-refractivity contribution < 1.29 is 4.79 Å². The number of piperidine rings is 2. The summed E-state index contributed by atoms with van der Waals surface area (Å²) in [6.07, 6.45) is 6.33. The van der Waals surface area contributed by atoms with E-state index in [4.69, 9.17) is 5.10 Å². The normalized spacial score (nSPS) is 22.1. The quantitative estimate of drug-likeness (QED) is 0.780. The second kappa shape index (κ2) is 7.66. The summed E-state index contributed by atoms with van der Waals surface area (Å²) >= 11 is 0. The second-order valence-electron chi connectivity index (χ2n) is 8.31. The van der Waals surface area contributed by atoms with Gasteiger partial charge >= 0.3 is 0 Å². The maximum atomic E-state index is 12.0. The maximum absolute atomic E-state index is 12.0. The molecule has 0 radical (unpaired) electrons. The first-order valence-corrected chi connectivity index (χ1v) is 10.8. The van der Waals surface area contributed by atoms with E-state index in [2.05, 4.69) is 26.1 Å². The maximum Gasteiger partial charge on any atom is 0.222 e. The number of anilines is 1. The molecule has 2 aromatic heterocycles. The highest BCUT2D eigenvalue weighted by atomic mass is 16.2. The Morgan fingerprint density at radius 3 is 2.54 bits per heavy atom. The van der Waals surface area contributed by atoms with Crippen LogP contribution in [0.2, 0.25) is 0 Å². The highest BCUT2D eigenvalue weighted by molar-refractivity contribution is 5.76. The Balaban J connectivity index is 1.20. The van der Waals surface area contributed by atoms with E-state index in [1.165, 1.54) is 6.42 Å². The van der Waals surface area contributed by atoms with Gasteiger partial charge in [-0.2, -0.15) is 4.52 Å². The van der Waals surface area contributed by atoms with Gasteiger partial charge in [0.15, 0.2) is 11.5 Å². The molecule has 0 N–H and O–H groups in total. The molecule has 5 rings (SSSR count). The summed E-state index contributed by atoms with van der Waals surface area (Å²) < 4.78 is 1.96. The molecule has 1 amide bonds. The fourth-order valence-corrected chi connectivity index (χ4v) is 4.54. The van der Waals surface area contributed by atoms with Crippen molar-refractivity contribution in [2.24, 2.45) is 0 Å². The number of rotatable bonds is 5. The molecule has 5 heterocycles. The molecule has 0 atom stereocenters. The highest BCUT2D eigenvalue weighted by Crippen LogP contribution is 2.28. The summed E-state index contributed by atoms with van der Waals surface area (Å²) in [4.78, 5) is 18.8. The molecule has 150 valence electrons. The second-order valence-corrected chi connectivity index (χ2v) is 8.31. The van der Waals surface area contributed by atoms with Gasteiger partial charge in [0.25, 0.3) is 0 Å². The van der Waals surface area contributed by atoms with E-state index in [0.717, 1.165) is 95.2 Å². The van der Waals surface area contributed by atoms with E-state index in [0.29, 0.717) is 11.8 Å². The van der Waals surface area contributed by atoms with Gasteiger partial charge in [-0.3, -0.25) is 4.79 Å². The topological polar surface area (TPSA) is 69.9 Å². The smallest absolute Gasteiger partial charge is 0.222 e. The number of hydrogen-bond donors (Lipinski definition) is 0. The molecular weight excluding hydrogens is 354 g/mol. The van der Waals surface area contributed by atoms with Crippen LogP contribution >= 0.6 is 0 Å². The minimum Gasteiger partial charge on any atom is -0.355 e. The van der Waals surface area contributed by atoms with E-state index >= 15 is 0 Å². The number of carbonyl (C=O) groups excluding carboxylic acids is 1. The third-order valence-corrected chi connectivity index (χ3v) is 6.51. The van der Waals surface area contributed by atoms with Gasteiger partial charge in [-0.15, -0.1) is 15.3 Å². The highest BCUT2D eigenvalue weighted by Gasteiger charge is 2.27. The van der Waals surface area contributed by atoms with Crippen LogP contribution in [0.5, 0.6) is 0 Å². The first kappa shape index (κ1) is 17.8. The van der Waals surface area contributed by atoms with Crippen LogP contribution in [0.25, 0.3) is 5.65 Å². The van der Waals surface area contributed by atoms with Gasteiger partial charge in [0.05, 0.1) is 0 Å². The van der Waals surface area contributed by atoms with Gasteiger partial charge in [-0.25, -0.2) is 0 Å². The van der Waals surface area contributed by atoms with Crippen molar-refractivity contribution in [1.29, 1.82) is 0 Å². The number of carbonyl (C=O) groups is 1. The Morgan fingerprint density at radius 2 is 1.79 bits per heavy atom. The predicted molar refractivity (Wildman–Crippen MR) is 106 cm³/mol. The van der Waals surface area contributed by atoms with Gasteiger partial charge in [0.2, 0.25) is 5.91 Å². The zero-order valence-corrected chi connectivity index (χ0v) is 16.5. The fourth-order valence-electron chi connectivity index (χ4n) is 4.54. The van der Waals surface area contributed by atoms with Crippen molar-refractivity contribution in [3.8, 4) is 0 Å². The van der Waals surface area contributed by atoms with Crippen LogP contribution in [-0.4, -0.2) is 81.3 Å². The van der Waals surface area contributed by atoms with Crippen LogP contribution in [0.15, 0.2) is 12.1 Å². The molecule has 8 heteroatoms. The van der Waals surface area contributed by atoms with Crippen molar-refractivity contribution in [1.82, 2.24) is 29.6 Å². The third kappa shape index (κ3) is 3.45. The standard InChI is InChI=1S/C20H29N7O/c28-19-4-1-2-9-26(19)15-14-24-12-7-16(8-13-24)20-22-21-17-5-6-18(23-27(17)20)25-10-3-11-25/h5-6,16H,1-4,7-15H2. The van der Waals surface area contributed by atoms with Gasteiger partial charge in [-0.1, -0.05) is 0 Å². The van der Waals surface area contributed by atoms with Crippen molar-refractivity contribution in [3.05, 3.63) is 18.0 Å². The van der Waals surface area contributed by atoms with E-state index in [9.17, 15) is 4.79 Å². The molecule has 0 saturated carbocycles. The van der Waals surface area contributed by atoms with Crippen molar-refractivity contribution in [2.45, 2.75) is 44.4 Å². The first-order chi connectivity index (χ1) is 13.8. The van der Waals surface area contributed by atoms with Crippen LogP contribution in [0.4, 0.5) is 5.82 Å². The molecule has 8 nitrogen and oxygen atoms in total. The van der Waals surface area contributed by atoms with Crippen LogP contribution in [0, 0.1) is 0 Å². The number of fused-ring (bicyclic) bond motifs is 1. The molecule has 3 aliphatic heterocycles. The molecular formula is C20H29N7O. The van der Waals surface area contributed by atoms with E-state index in [-0.39, 0.29) is 0 Å². The average molecular weight is 384 g/mol. The van der Waals surface area contributed by atoms with E-state index in [1.807, 2.05) is 15.5 Å². The fraction of sp³-hybridized carbons (Fsp3) is 0.700. The zero-order valence-electron chi connectivity index (χ0n) is 16.5. The average Bonchev–Trinajstić information content (AvgIpc) is 3.10. The Morgan fingerprint density at radius 1 is 0.929 bits per heavy atom. The molecule has 0 bridgehead atoms. The van der Waals surface area contributed by atoms with E-state index in [1.54, 1.807) is 0 Å². The summed E-state index contributed by atoms with van der Waals surface area (Å²) in [5.41, 5.74) is 0.838. The lowest BCUT2D eigenvalue weighted by Gasteiger charge is -2.34. The number of aromatic nitrogens is 4. The number of hydrogen-bond acceptors (Lipinski definition) is 6. The van der Waals surface area contributed by atoms with Gasteiger partial charge in [0, 0.05) is 45.1 Å². The van der Waals surface area contributed by atoms with Crippen LogP contribution in [0.3, 0.4) is 0 Å². The minimum atomic E-state index is 0.333. The van der Waals surface area contributed by atoms with Crippen LogP contribution < -0.4 is 4.90 Å². The van der Waals surface area contributed by atoms with Crippen LogP contribution in [0.1, 0.15) is 50.3 Å². The summed E-state index contributed by atoms with van der Waals surface area (Å²) in [7, 11) is 0. The largest absolute Gasteiger partial charge is 0.355 e. The van der Waals surface area contributed by atoms with Crippen LogP contribution in [-0.2, 0) is 4.79 Å². The van der Waals surface area contributed by atoms with Crippen molar-refractivity contribution in [2.75, 3.05) is 50.7 Å². The molecule has 0 aromatic carbocycles. The lowest BCUT2D eigenvalue weighted by atomic mass is 9.96. The Labute approximate surface area is 165 Å². The van der Waals surface area contributed by atoms with E-state index < -0.39 is 0 Å². The summed E-state index contributed by atoms with van der Waals surface area (Å²) in [5, 5.41) is 13.6. The summed E-state index contributed by atoms with van der Waals surface area (Å²) in [6, 6.07) is 4.08. The molecule has 3 aliphatic rings.